The molecule has 3 atom stereocenters. The van der Waals surface area contributed by atoms with Crippen LogP contribution in [0.25, 0.3) is 0 Å². The van der Waals surface area contributed by atoms with E-state index in [1.165, 1.54) is 18.6 Å². The standard InChI is InChI=1S/C13H25N3S.HI/c1-4-11-9-16(6-7-17-11)13(14-5-2)15-12-8-10(12)3;/h10-12H,4-9H2,1-3H3,(H,14,15);1H. The van der Waals surface area contributed by atoms with Gasteiger partial charge in [-0.3, -0.25) is 4.99 Å². The van der Waals surface area contributed by atoms with Crippen molar-refractivity contribution in [3.63, 3.8) is 0 Å². The second-order valence-electron chi connectivity index (χ2n) is 5.11. The lowest BCUT2D eigenvalue weighted by Gasteiger charge is -2.34. The van der Waals surface area contributed by atoms with Crippen molar-refractivity contribution in [2.75, 3.05) is 25.4 Å². The number of aliphatic imine (C=N–C) groups is 1. The quantitative estimate of drug-likeness (QED) is 0.462. The number of thioether (sulfide) groups is 1. The van der Waals surface area contributed by atoms with Gasteiger partial charge in [0, 0.05) is 36.7 Å². The van der Waals surface area contributed by atoms with Crippen LogP contribution in [0.5, 0.6) is 0 Å². The number of nitrogens with one attached hydrogen (secondary N) is 1. The van der Waals surface area contributed by atoms with Crippen LogP contribution in [-0.2, 0) is 0 Å². The molecule has 1 N–H and O–H groups in total. The summed E-state index contributed by atoms with van der Waals surface area (Å²) in [6.07, 6.45) is 2.57. The van der Waals surface area contributed by atoms with E-state index in [-0.39, 0.29) is 24.0 Å². The van der Waals surface area contributed by atoms with Gasteiger partial charge in [-0.1, -0.05) is 13.8 Å². The van der Waals surface area contributed by atoms with Crippen LogP contribution in [-0.4, -0.2) is 47.5 Å². The van der Waals surface area contributed by atoms with Gasteiger partial charge in [-0.05, 0) is 25.7 Å². The highest BCUT2D eigenvalue weighted by atomic mass is 127. The van der Waals surface area contributed by atoms with Crippen LogP contribution < -0.4 is 5.32 Å². The van der Waals surface area contributed by atoms with Crippen molar-refractivity contribution in [1.82, 2.24) is 10.2 Å². The van der Waals surface area contributed by atoms with Crippen molar-refractivity contribution in [3.05, 3.63) is 0 Å². The molecule has 1 heterocycles. The van der Waals surface area contributed by atoms with E-state index in [4.69, 9.17) is 0 Å². The Morgan fingerprint density at radius 2 is 2.17 bits per heavy atom. The van der Waals surface area contributed by atoms with Gasteiger partial charge in [0.25, 0.3) is 0 Å². The Bertz CT molecular complexity index is 285. The summed E-state index contributed by atoms with van der Waals surface area (Å²) in [7, 11) is 0. The predicted molar refractivity (Wildman–Crippen MR) is 92.2 cm³/mol. The van der Waals surface area contributed by atoms with E-state index in [2.05, 4.69) is 47.7 Å². The van der Waals surface area contributed by atoms with Crippen molar-refractivity contribution in [3.8, 4) is 0 Å². The Morgan fingerprint density at radius 1 is 1.44 bits per heavy atom. The fraction of sp³-hybridized carbons (Fsp3) is 0.923. The molecule has 106 valence electrons. The van der Waals surface area contributed by atoms with Gasteiger partial charge in [-0.15, -0.1) is 24.0 Å². The molecule has 0 aromatic heterocycles. The third-order valence-corrected chi connectivity index (χ3v) is 5.00. The Balaban J connectivity index is 0.00000162. The molecule has 0 spiro atoms. The minimum absolute atomic E-state index is 0. The van der Waals surface area contributed by atoms with E-state index in [0.29, 0.717) is 6.04 Å². The largest absolute Gasteiger partial charge is 0.353 e. The fourth-order valence-corrected chi connectivity index (χ4v) is 3.41. The third-order valence-electron chi connectivity index (χ3n) is 3.63. The van der Waals surface area contributed by atoms with Crippen molar-refractivity contribution < 1.29 is 0 Å². The van der Waals surface area contributed by atoms with Crippen molar-refractivity contribution in [2.45, 2.75) is 44.9 Å². The zero-order valence-electron chi connectivity index (χ0n) is 11.7. The summed E-state index contributed by atoms with van der Waals surface area (Å²) < 4.78 is 0. The SMILES string of the molecule is CCN=C(NC1CC1C)N1CCSC(CC)C1.I. The number of nitrogens with zero attached hydrogens (tertiary/aromatic N) is 2. The van der Waals surface area contributed by atoms with Crippen LogP contribution in [0, 0.1) is 5.92 Å². The number of halogens is 1. The molecule has 3 nitrogen and oxygen atoms in total. The van der Waals surface area contributed by atoms with Crippen molar-refractivity contribution >= 4 is 41.7 Å². The molecule has 1 saturated carbocycles. The average Bonchev–Trinajstić information content (AvgIpc) is 3.04. The first-order valence-corrected chi connectivity index (χ1v) is 7.97. The normalized spacial score (nSPS) is 31.8. The third kappa shape index (κ3) is 4.47. The maximum atomic E-state index is 4.65. The topological polar surface area (TPSA) is 27.6 Å². The first kappa shape index (κ1) is 16.4. The van der Waals surface area contributed by atoms with E-state index in [1.807, 2.05) is 0 Å². The molecule has 1 saturated heterocycles. The van der Waals surface area contributed by atoms with Gasteiger partial charge in [-0.2, -0.15) is 11.8 Å². The van der Waals surface area contributed by atoms with Gasteiger partial charge in [0.05, 0.1) is 0 Å². The maximum Gasteiger partial charge on any atom is 0.194 e. The number of hydrogen-bond acceptors (Lipinski definition) is 2. The van der Waals surface area contributed by atoms with E-state index >= 15 is 0 Å². The highest BCUT2D eigenvalue weighted by Gasteiger charge is 2.34. The average molecular weight is 383 g/mol. The fourth-order valence-electron chi connectivity index (χ4n) is 2.23. The molecule has 5 heteroatoms. The lowest BCUT2D eigenvalue weighted by atomic mass is 10.3. The Hall–Kier alpha value is 0.350. The van der Waals surface area contributed by atoms with Gasteiger partial charge in [0.1, 0.15) is 0 Å². The smallest absolute Gasteiger partial charge is 0.194 e. The second-order valence-corrected chi connectivity index (χ2v) is 6.52. The van der Waals surface area contributed by atoms with E-state index in [0.717, 1.165) is 36.8 Å². The minimum Gasteiger partial charge on any atom is -0.353 e. The van der Waals surface area contributed by atoms with Crippen molar-refractivity contribution in [2.24, 2.45) is 10.9 Å². The molecule has 0 aromatic rings. The molecule has 0 amide bonds. The number of guanidine groups is 1. The summed E-state index contributed by atoms with van der Waals surface area (Å²) in [6.45, 7) is 9.90. The second kappa shape index (κ2) is 7.82. The van der Waals surface area contributed by atoms with Gasteiger partial charge < -0.3 is 10.2 Å². The predicted octanol–water partition coefficient (Wildman–Crippen LogP) is 2.81. The highest BCUT2D eigenvalue weighted by molar-refractivity contribution is 14.0. The monoisotopic (exact) mass is 383 g/mol. The Labute approximate surface area is 133 Å². The number of rotatable bonds is 3. The zero-order chi connectivity index (χ0) is 12.3. The summed E-state index contributed by atoms with van der Waals surface area (Å²) in [6, 6.07) is 0.676. The Morgan fingerprint density at radius 3 is 2.72 bits per heavy atom. The molecule has 3 unspecified atom stereocenters. The molecule has 0 aromatic carbocycles. The lowest BCUT2D eigenvalue weighted by Crippen LogP contribution is -2.48. The summed E-state index contributed by atoms with van der Waals surface area (Å²) in [4.78, 5) is 7.11. The van der Waals surface area contributed by atoms with Crippen LogP contribution >= 0.6 is 35.7 Å². The zero-order valence-corrected chi connectivity index (χ0v) is 14.8. The van der Waals surface area contributed by atoms with Crippen LogP contribution in [0.1, 0.15) is 33.6 Å². The van der Waals surface area contributed by atoms with E-state index < -0.39 is 0 Å². The Kier molecular flexibility index (Phi) is 7.13. The molecule has 18 heavy (non-hydrogen) atoms. The molecule has 2 rings (SSSR count). The lowest BCUT2D eigenvalue weighted by molar-refractivity contribution is 0.406. The number of hydrogen-bond donors (Lipinski definition) is 1. The molecular weight excluding hydrogens is 357 g/mol. The van der Waals surface area contributed by atoms with Gasteiger partial charge in [0.15, 0.2) is 5.96 Å². The minimum atomic E-state index is 0. The van der Waals surface area contributed by atoms with Gasteiger partial charge in [-0.25, -0.2) is 0 Å². The molecule has 0 radical (unpaired) electrons. The summed E-state index contributed by atoms with van der Waals surface area (Å²) in [5, 5.41) is 4.40. The first-order valence-electron chi connectivity index (χ1n) is 6.92. The molecule has 2 fully saturated rings. The first-order chi connectivity index (χ1) is 8.24. The summed E-state index contributed by atoms with van der Waals surface area (Å²) >= 11 is 2.11. The molecular formula is C13H26IN3S. The molecule has 0 bridgehead atoms. The summed E-state index contributed by atoms with van der Waals surface area (Å²) in [5.74, 6) is 3.22. The summed E-state index contributed by atoms with van der Waals surface area (Å²) in [5.41, 5.74) is 0. The molecule has 1 aliphatic carbocycles. The van der Waals surface area contributed by atoms with Crippen molar-refractivity contribution in [1.29, 1.82) is 0 Å². The molecule has 2 aliphatic rings. The van der Waals surface area contributed by atoms with Crippen LogP contribution in [0.2, 0.25) is 0 Å². The maximum absolute atomic E-state index is 4.65. The van der Waals surface area contributed by atoms with Gasteiger partial charge >= 0.3 is 0 Å². The molecule has 1 aliphatic heterocycles. The van der Waals surface area contributed by atoms with Crippen LogP contribution in [0.4, 0.5) is 0 Å². The van der Waals surface area contributed by atoms with E-state index in [1.54, 1.807) is 0 Å². The van der Waals surface area contributed by atoms with Gasteiger partial charge in [0.2, 0.25) is 0 Å². The van der Waals surface area contributed by atoms with E-state index in [9.17, 15) is 0 Å². The van der Waals surface area contributed by atoms with Crippen LogP contribution in [0.3, 0.4) is 0 Å². The highest BCUT2D eigenvalue weighted by Crippen LogP contribution is 2.29. The van der Waals surface area contributed by atoms with Crippen LogP contribution in [0.15, 0.2) is 4.99 Å².